The molecule has 1 N–H and O–H groups in total. The zero-order chi connectivity index (χ0) is 18.7. The summed E-state index contributed by atoms with van der Waals surface area (Å²) in [4.78, 5) is 13.7. The second-order valence-electron chi connectivity index (χ2n) is 7.27. The third kappa shape index (κ3) is 6.62. The molecule has 1 aromatic carbocycles. The molecule has 0 aromatic heterocycles. The van der Waals surface area contributed by atoms with Crippen LogP contribution in [-0.4, -0.2) is 44.1 Å². The number of ether oxygens (including phenoxy) is 1. The smallest absolute Gasteiger partial charge is 0.410 e. The molecule has 1 fully saturated rings. The molecule has 2 rings (SSSR count). The number of likely N-dealkylation sites (tertiary alicyclic amines) is 1. The molecule has 1 unspecified atom stereocenters. The van der Waals surface area contributed by atoms with Crippen LogP contribution in [0, 0.1) is 5.82 Å². The normalized spacial score (nSPS) is 18.9. The van der Waals surface area contributed by atoms with Crippen LogP contribution in [0.2, 0.25) is 0 Å². The van der Waals surface area contributed by atoms with Crippen molar-refractivity contribution in [3.05, 3.63) is 35.6 Å². The van der Waals surface area contributed by atoms with Crippen molar-refractivity contribution < 1.29 is 22.3 Å². The number of amides is 1. The Hall–Kier alpha value is -1.67. The summed E-state index contributed by atoms with van der Waals surface area (Å²) in [5.41, 5.74) is -0.215. The number of carbonyl (C=O) groups is 1. The van der Waals surface area contributed by atoms with Gasteiger partial charge in [-0.25, -0.2) is 22.3 Å². The van der Waals surface area contributed by atoms with Crippen LogP contribution < -0.4 is 4.72 Å². The van der Waals surface area contributed by atoms with Crippen LogP contribution in [0.3, 0.4) is 0 Å². The predicted octanol–water partition coefficient (Wildman–Crippen LogP) is 2.64. The van der Waals surface area contributed by atoms with Crippen molar-refractivity contribution in [1.82, 2.24) is 9.62 Å². The Morgan fingerprint density at radius 3 is 2.76 bits per heavy atom. The standard InChI is InChI=1S/C17H25FN2O4S/c1-17(2,3)24-16(21)20-9-5-8-15(11-20)19-25(22,23)12-13-6-4-7-14(18)10-13/h4,6-7,10,15,19H,5,8-9,11-12H2,1-3H3. The van der Waals surface area contributed by atoms with Crippen molar-refractivity contribution in [3.63, 3.8) is 0 Å². The molecular weight excluding hydrogens is 347 g/mol. The van der Waals surface area contributed by atoms with E-state index in [0.717, 1.165) is 0 Å². The second-order valence-corrected chi connectivity index (χ2v) is 9.03. The van der Waals surface area contributed by atoms with Gasteiger partial charge in [-0.2, -0.15) is 0 Å². The number of hydrogen-bond donors (Lipinski definition) is 1. The molecule has 0 saturated carbocycles. The summed E-state index contributed by atoms with van der Waals surface area (Å²) in [7, 11) is -3.63. The van der Waals surface area contributed by atoms with Gasteiger partial charge >= 0.3 is 6.09 Å². The topological polar surface area (TPSA) is 75.7 Å². The number of piperidine rings is 1. The van der Waals surface area contributed by atoms with Gasteiger partial charge in [-0.1, -0.05) is 12.1 Å². The van der Waals surface area contributed by atoms with Gasteiger partial charge in [0.25, 0.3) is 0 Å². The van der Waals surface area contributed by atoms with Gasteiger partial charge in [0, 0.05) is 19.1 Å². The Bertz CT molecular complexity index is 716. The van der Waals surface area contributed by atoms with Crippen LogP contribution in [0.5, 0.6) is 0 Å². The van der Waals surface area contributed by atoms with Crippen molar-refractivity contribution in [2.24, 2.45) is 0 Å². The van der Waals surface area contributed by atoms with E-state index in [0.29, 0.717) is 24.9 Å². The Morgan fingerprint density at radius 1 is 1.40 bits per heavy atom. The summed E-state index contributed by atoms with van der Waals surface area (Å²) in [6, 6.07) is 5.14. The maximum atomic E-state index is 13.2. The molecule has 0 bridgehead atoms. The minimum Gasteiger partial charge on any atom is -0.444 e. The first-order chi connectivity index (χ1) is 11.5. The molecule has 1 heterocycles. The zero-order valence-electron chi connectivity index (χ0n) is 14.8. The number of rotatable bonds is 4. The molecule has 140 valence electrons. The first-order valence-corrected chi connectivity index (χ1v) is 9.92. The van der Waals surface area contributed by atoms with Crippen LogP contribution in [0.4, 0.5) is 9.18 Å². The molecule has 6 nitrogen and oxygen atoms in total. The van der Waals surface area contributed by atoms with Crippen LogP contribution in [-0.2, 0) is 20.5 Å². The number of sulfonamides is 1. The fourth-order valence-electron chi connectivity index (χ4n) is 2.71. The van der Waals surface area contributed by atoms with Gasteiger partial charge in [0.1, 0.15) is 11.4 Å². The molecule has 0 spiro atoms. The second kappa shape index (κ2) is 7.70. The number of benzene rings is 1. The minimum absolute atomic E-state index is 0.261. The van der Waals surface area contributed by atoms with Gasteiger partial charge in [-0.3, -0.25) is 0 Å². The van der Waals surface area contributed by atoms with E-state index >= 15 is 0 Å². The van der Waals surface area contributed by atoms with Gasteiger partial charge in [0.2, 0.25) is 10.0 Å². The monoisotopic (exact) mass is 372 g/mol. The first kappa shape index (κ1) is 19.7. The van der Waals surface area contributed by atoms with Gasteiger partial charge in [-0.15, -0.1) is 0 Å². The molecule has 1 aliphatic rings. The maximum absolute atomic E-state index is 13.2. The SMILES string of the molecule is CC(C)(C)OC(=O)N1CCCC(NS(=O)(=O)Cc2cccc(F)c2)C1. The van der Waals surface area contributed by atoms with E-state index in [-0.39, 0.29) is 18.3 Å². The van der Waals surface area contributed by atoms with Crippen molar-refractivity contribution >= 4 is 16.1 Å². The lowest BCUT2D eigenvalue weighted by Gasteiger charge is -2.34. The summed E-state index contributed by atoms with van der Waals surface area (Å²) in [6.45, 7) is 6.16. The van der Waals surface area contributed by atoms with Crippen molar-refractivity contribution in [2.45, 2.75) is 51.0 Å². The Balaban J connectivity index is 1.96. The zero-order valence-corrected chi connectivity index (χ0v) is 15.6. The molecule has 1 aliphatic heterocycles. The fraction of sp³-hybridized carbons (Fsp3) is 0.588. The van der Waals surface area contributed by atoms with E-state index in [9.17, 15) is 17.6 Å². The number of carbonyl (C=O) groups excluding carboxylic acids is 1. The summed E-state index contributed by atoms with van der Waals surface area (Å²) >= 11 is 0. The average molecular weight is 372 g/mol. The highest BCUT2D eigenvalue weighted by Gasteiger charge is 2.29. The quantitative estimate of drug-likeness (QED) is 0.882. The van der Waals surface area contributed by atoms with Crippen molar-refractivity contribution in [2.75, 3.05) is 13.1 Å². The summed E-state index contributed by atoms with van der Waals surface area (Å²) < 4.78 is 45.8. The molecule has 25 heavy (non-hydrogen) atoms. The molecule has 1 amide bonds. The molecule has 1 saturated heterocycles. The van der Waals surface area contributed by atoms with E-state index in [2.05, 4.69) is 4.72 Å². The fourth-order valence-corrected chi connectivity index (χ4v) is 4.11. The largest absolute Gasteiger partial charge is 0.444 e. The number of nitrogens with one attached hydrogen (secondary N) is 1. The van der Waals surface area contributed by atoms with Gasteiger partial charge in [0.15, 0.2) is 0 Å². The van der Waals surface area contributed by atoms with Gasteiger partial charge in [-0.05, 0) is 51.3 Å². The molecule has 1 atom stereocenters. The van der Waals surface area contributed by atoms with Crippen LogP contribution in [0.1, 0.15) is 39.2 Å². The third-order valence-electron chi connectivity index (χ3n) is 3.67. The number of halogens is 1. The highest BCUT2D eigenvalue weighted by atomic mass is 32.2. The van der Waals surface area contributed by atoms with Crippen molar-refractivity contribution in [3.8, 4) is 0 Å². The van der Waals surface area contributed by atoms with Gasteiger partial charge < -0.3 is 9.64 Å². The molecular formula is C17H25FN2O4S. The van der Waals surface area contributed by atoms with Crippen molar-refractivity contribution in [1.29, 1.82) is 0 Å². The molecule has 0 aliphatic carbocycles. The summed E-state index contributed by atoms with van der Waals surface area (Å²) in [5, 5.41) is 0. The van der Waals surface area contributed by atoms with Gasteiger partial charge in [0.05, 0.1) is 5.75 Å². The Labute approximate surface area is 148 Å². The lowest BCUT2D eigenvalue weighted by Crippen LogP contribution is -2.50. The average Bonchev–Trinajstić information content (AvgIpc) is 2.44. The summed E-state index contributed by atoms with van der Waals surface area (Å²) in [5.74, 6) is -0.769. The first-order valence-electron chi connectivity index (χ1n) is 8.26. The third-order valence-corrected chi connectivity index (χ3v) is 5.07. The highest BCUT2D eigenvalue weighted by molar-refractivity contribution is 7.88. The molecule has 0 radical (unpaired) electrons. The predicted molar refractivity (Wildman–Crippen MR) is 93.0 cm³/mol. The van der Waals surface area contributed by atoms with Crippen LogP contribution in [0.15, 0.2) is 24.3 Å². The van der Waals surface area contributed by atoms with Crippen LogP contribution >= 0.6 is 0 Å². The Morgan fingerprint density at radius 2 is 2.12 bits per heavy atom. The van der Waals surface area contributed by atoms with E-state index in [1.807, 2.05) is 0 Å². The highest BCUT2D eigenvalue weighted by Crippen LogP contribution is 2.17. The molecule has 1 aromatic rings. The van der Waals surface area contributed by atoms with E-state index in [1.165, 1.54) is 23.1 Å². The van der Waals surface area contributed by atoms with E-state index in [4.69, 9.17) is 4.74 Å². The molecule has 8 heteroatoms. The van der Waals surface area contributed by atoms with Crippen LogP contribution in [0.25, 0.3) is 0 Å². The van der Waals surface area contributed by atoms with E-state index < -0.39 is 27.5 Å². The Kier molecular flexibility index (Phi) is 6.05. The maximum Gasteiger partial charge on any atom is 0.410 e. The number of hydrogen-bond acceptors (Lipinski definition) is 4. The lowest BCUT2D eigenvalue weighted by atomic mass is 10.1. The van der Waals surface area contributed by atoms with E-state index in [1.54, 1.807) is 26.8 Å². The minimum atomic E-state index is -3.63. The summed E-state index contributed by atoms with van der Waals surface area (Å²) in [6.07, 6.45) is 0.884. The lowest BCUT2D eigenvalue weighted by molar-refractivity contribution is 0.0195. The number of nitrogens with zero attached hydrogens (tertiary/aromatic N) is 1.